The number of aromatic nitrogens is 4. The zero-order chi connectivity index (χ0) is 21.0. The van der Waals surface area contributed by atoms with Gasteiger partial charge in [0.05, 0.1) is 24.0 Å². The Morgan fingerprint density at radius 3 is 3.14 bits per heavy atom. The summed E-state index contributed by atoms with van der Waals surface area (Å²) in [6, 6.07) is 3.10. The van der Waals surface area contributed by atoms with Crippen LogP contribution in [0.25, 0.3) is 11.3 Å². The van der Waals surface area contributed by atoms with Crippen molar-refractivity contribution in [2.45, 2.75) is 44.6 Å². The van der Waals surface area contributed by atoms with Crippen LogP contribution in [0.2, 0.25) is 0 Å². The van der Waals surface area contributed by atoms with Crippen LogP contribution in [-0.4, -0.2) is 32.2 Å². The molecule has 0 unspecified atom stereocenters. The molecule has 2 aliphatic rings. The minimum absolute atomic E-state index is 0.113. The first kappa shape index (κ1) is 15.0. The minimum atomic E-state index is -1.42. The average Bonchev–Trinajstić information content (AvgIpc) is 3.26. The predicted octanol–water partition coefficient (Wildman–Crippen LogP) is 3.50. The van der Waals surface area contributed by atoms with Crippen molar-refractivity contribution in [3.05, 3.63) is 59.9 Å². The number of anilines is 1. The predicted molar refractivity (Wildman–Crippen MR) is 106 cm³/mol. The van der Waals surface area contributed by atoms with E-state index in [4.69, 9.17) is 7.73 Å². The molecule has 1 saturated heterocycles. The molecule has 0 aromatic carbocycles. The van der Waals surface area contributed by atoms with Crippen LogP contribution in [0.15, 0.2) is 37.3 Å². The second kappa shape index (κ2) is 6.58. The molecule has 6 nitrogen and oxygen atoms in total. The standard InChI is InChI=1S/C21H23FN6/c1-13-5-6-18-16(10-15(22)11-23-18)19-4-3-8-27(19)20-7-9-28-21(26-20)17(12-24-28)14(2)25-13/h7,9-13,19,25H,2-6,8H2,1H3/t13-,19-/m1/s1/i3D2. The highest BCUT2D eigenvalue weighted by Gasteiger charge is 2.30. The van der Waals surface area contributed by atoms with Gasteiger partial charge in [0, 0.05) is 32.9 Å². The summed E-state index contributed by atoms with van der Waals surface area (Å²) in [6.45, 7) is 6.41. The van der Waals surface area contributed by atoms with Gasteiger partial charge in [0.1, 0.15) is 11.6 Å². The van der Waals surface area contributed by atoms with Crippen LogP contribution in [0, 0.1) is 5.82 Å². The van der Waals surface area contributed by atoms with Gasteiger partial charge < -0.3 is 10.2 Å². The normalized spacial score (nSPS) is 25.1. The van der Waals surface area contributed by atoms with Gasteiger partial charge in [-0.1, -0.05) is 6.58 Å². The SMILES string of the molecule is [2H]C1([2H])C[C@@H]2c3cc(F)cnc3CC[C@@H](C)NC(=C)c3cnn4ccc(nc34)N2C1. The maximum atomic E-state index is 14.2. The number of hydrogen-bond acceptors (Lipinski definition) is 5. The Bertz CT molecular complexity index is 1140. The highest BCUT2D eigenvalue weighted by molar-refractivity contribution is 5.74. The number of fused-ring (bicyclic) bond motifs is 5. The van der Waals surface area contributed by atoms with E-state index < -0.39 is 12.2 Å². The van der Waals surface area contributed by atoms with Crippen LogP contribution in [0.1, 0.15) is 51.7 Å². The summed E-state index contributed by atoms with van der Waals surface area (Å²) in [7, 11) is 0. The van der Waals surface area contributed by atoms with Crippen LogP contribution >= 0.6 is 0 Å². The molecular formula is C21H23FN6. The second-order valence-electron chi connectivity index (χ2n) is 7.46. The van der Waals surface area contributed by atoms with E-state index in [1.807, 2.05) is 17.2 Å². The lowest BCUT2D eigenvalue weighted by Crippen LogP contribution is -2.26. The summed E-state index contributed by atoms with van der Waals surface area (Å²) < 4.78 is 32.7. The minimum Gasteiger partial charge on any atom is -0.382 e. The van der Waals surface area contributed by atoms with E-state index >= 15 is 0 Å². The molecular weight excluding hydrogens is 355 g/mol. The third kappa shape index (κ3) is 2.82. The van der Waals surface area contributed by atoms with Gasteiger partial charge in [0.15, 0.2) is 5.65 Å². The fourth-order valence-electron chi connectivity index (χ4n) is 4.07. The maximum Gasteiger partial charge on any atom is 0.166 e. The summed E-state index contributed by atoms with van der Waals surface area (Å²) in [5, 5.41) is 7.79. The van der Waals surface area contributed by atoms with Gasteiger partial charge in [-0.3, -0.25) is 4.98 Å². The average molecular weight is 380 g/mol. The fourth-order valence-corrected chi connectivity index (χ4v) is 4.07. The lowest BCUT2D eigenvalue weighted by atomic mass is 9.98. The van der Waals surface area contributed by atoms with Crippen molar-refractivity contribution in [2.24, 2.45) is 0 Å². The molecule has 2 atom stereocenters. The fraction of sp³-hybridized carbons (Fsp3) is 0.381. The molecule has 0 radical (unpaired) electrons. The van der Waals surface area contributed by atoms with Crippen molar-refractivity contribution in [2.75, 3.05) is 11.4 Å². The summed E-state index contributed by atoms with van der Waals surface area (Å²) in [4.78, 5) is 11.1. The number of rotatable bonds is 0. The number of halogens is 1. The van der Waals surface area contributed by atoms with Crippen LogP contribution in [0.3, 0.4) is 0 Å². The highest BCUT2D eigenvalue weighted by atomic mass is 19.1. The smallest absolute Gasteiger partial charge is 0.166 e. The van der Waals surface area contributed by atoms with Gasteiger partial charge >= 0.3 is 0 Å². The summed E-state index contributed by atoms with van der Waals surface area (Å²) in [5.41, 5.74) is 3.73. The van der Waals surface area contributed by atoms with Crippen molar-refractivity contribution >= 4 is 17.2 Å². The Labute approximate surface area is 165 Å². The quantitative estimate of drug-likeness (QED) is 0.647. The first-order chi connectivity index (χ1) is 14.3. The molecule has 0 saturated carbocycles. The molecule has 5 rings (SSSR count). The van der Waals surface area contributed by atoms with Crippen molar-refractivity contribution in [3.63, 3.8) is 0 Å². The van der Waals surface area contributed by atoms with Crippen LogP contribution in [-0.2, 0) is 6.42 Å². The van der Waals surface area contributed by atoms with E-state index in [1.165, 1.54) is 12.3 Å². The Morgan fingerprint density at radius 1 is 1.36 bits per heavy atom. The van der Waals surface area contributed by atoms with Gasteiger partial charge in [-0.05, 0) is 50.3 Å². The topological polar surface area (TPSA) is 58.4 Å². The third-order valence-electron chi connectivity index (χ3n) is 5.53. The van der Waals surface area contributed by atoms with E-state index in [0.717, 1.165) is 28.9 Å². The summed E-state index contributed by atoms with van der Waals surface area (Å²) >= 11 is 0. The molecule has 2 bridgehead atoms. The van der Waals surface area contributed by atoms with Crippen LogP contribution < -0.4 is 10.2 Å². The largest absolute Gasteiger partial charge is 0.382 e. The second-order valence-corrected chi connectivity index (χ2v) is 7.46. The molecule has 28 heavy (non-hydrogen) atoms. The number of nitrogens with zero attached hydrogens (tertiary/aromatic N) is 5. The summed E-state index contributed by atoms with van der Waals surface area (Å²) in [6.07, 6.45) is 5.06. The lowest BCUT2D eigenvalue weighted by Gasteiger charge is -2.27. The van der Waals surface area contributed by atoms with Gasteiger partial charge in [0.2, 0.25) is 0 Å². The molecule has 3 aromatic heterocycles. The van der Waals surface area contributed by atoms with E-state index in [1.54, 1.807) is 10.7 Å². The zero-order valence-electron chi connectivity index (χ0n) is 17.7. The Kier molecular flexibility index (Phi) is 3.53. The molecule has 7 heteroatoms. The van der Waals surface area contributed by atoms with E-state index in [-0.39, 0.29) is 25.0 Å². The monoisotopic (exact) mass is 380 g/mol. The third-order valence-corrected chi connectivity index (χ3v) is 5.53. The first-order valence-electron chi connectivity index (χ1n) is 10.5. The molecule has 1 fully saturated rings. The van der Waals surface area contributed by atoms with Gasteiger partial charge in [-0.15, -0.1) is 0 Å². The summed E-state index contributed by atoms with van der Waals surface area (Å²) in [5.74, 6) is 0.220. The van der Waals surface area contributed by atoms with Gasteiger partial charge in [0.25, 0.3) is 0 Å². The lowest BCUT2D eigenvalue weighted by molar-refractivity contribution is 0.575. The Hall–Kier alpha value is -2.96. The van der Waals surface area contributed by atoms with E-state index in [9.17, 15) is 4.39 Å². The number of pyridine rings is 1. The number of hydrogen-bond donors (Lipinski definition) is 1. The van der Waals surface area contributed by atoms with Crippen molar-refractivity contribution < 1.29 is 7.13 Å². The molecule has 3 aromatic rings. The van der Waals surface area contributed by atoms with Gasteiger partial charge in [-0.2, -0.15) is 5.10 Å². The van der Waals surface area contributed by atoms with E-state index in [2.05, 4.69) is 28.9 Å². The van der Waals surface area contributed by atoms with Crippen molar-refractivity contribution in [1.82, 2.24) is 24.9 Å². The van der Waals surface area contributed by atoms with E-state index in [0.29, 0.717) is 17.9 Å². The maximum absolute atomic E-state index is 14.2. The molecule has 2 aliphatic heterocycles. The highest BCUT2D eigenvalue weighted by Crippen LogP contribution is 2.37. The Balaban J connectivity index is 1.71. The molecule has 0 amide bonds. The van der Waals surface area contributed by atoms with Crippen LogP contribution in [0.4, 0.5) is 10.2 Å². The van der Waals surface area contributed by atoms with Crippen molar-refractivity contribution in [1.29, 1.82) is 0 Å². The first-order valence-corrected chi connectivity index (χ1v) is 9.52. The number of nitrogens with one attached hydrogen (secondary N) is 1. The molecule has 5 heterocycles. The zero-order valence-corrected chi connectivity index (χ0v) is 15.7. The molecule has 1 N–H and O–H groups in total. The molecule has 0 spiro atoms. The molecule has 144 valence electrons. The Morgan fingerprint density at radius 2 is 2.25 bits per heavy atom. The van der Waals surface area contributed by atoms with Crippen LogP contribution in [0.5, 0.6) is 0 Å². The van der Waals surface area contributed by atoms with Crippen molar-refractivity contribution in [3.8, 4) is 0 Å². The number of aryl methyl sites for hydroxylation is 1. The van der Waals surface area contributed by atoms with Gasteiger partial charge in [-0.25, -0.2) is 13.9 Å². The molecule has 0 aliphatic carbocycles.